The second-order valence-electron chi connectivity index (χ2n) is 20.1. The number of cyclic esters (lactones) is 1. The molecule has 3 heterocycles. The third-order valence-electron chi connectivity index (χ3n) is 13.0. The Labute approximate surface area is 442 Å². The fraction of sp³-hybridized carbons (Fsp3) is 0.804. The van der Waals surface area contributed by atoms with Crippen LogP contribution < -0.4 is 11.4 Å². The number of anilines is 1. The van der Waals surface area contributed by atoms with Crippen LogP contribution in [0.3, 0.4) is 0 Å². The zero-order valence-corrected chi connectivity index (χ0v) is 46.1. The van der Waals surface area contributed by atoms with E-state index in [0.717, 1.165) is 61.6 Å². The van der Waals surface area contributed by atoms with Crippen LogP contribution in [-0.2, 0) is 51.0 Å². The average Bonchev–Trinajstić information content (AvgIpc) is 3.34. The van der Waals surface area contributed by atoms with E-state index in [0.29, 0.717) is 19.3 Å². The van der Waals surface area contributed by atoms with E-state index in [1.807, 2.05) is 6.92 Å². The number of nitrogen functional groups attached to an aromatic ring is 1. The molecule has 0 aliphatic carbocycles. The zero-order valence-electron chi connectivity index (χ0n) is 44.3. The van der Waals surface area contributed by atoms with Gasteiger partial charge in [-0.05, 0) is 44.1 Å². The van der Waals surface area contributed by atoms with Crippen LogP contribution >= 0.6 is 15.6 Å². The maximum absolute atomic E-state index is 13.4. The molecule has 75 heavy (non-hydrogen) atoms. The number of aliphatic hydroxyl groups is 5. The summed E-state index contributed by atoms with van der Waals surface area (Å²) in [6, 6.07) is 1.23. The van der Waals surface area contributed by atoms with Crippen molar-refractivity contribution in [2.45, 2.75) is 230 Å². The SMILES string of the molecule is CCCCC[C@H](O)/C=C/[C@H]1OC(O)C[C@H](O)[C@@H]2CC=CCCCC(=O)OC[C@@H](OC(=O)CCCCCCCCCCCCCCCC(C)C)COP(=O)(O)OP(=O)(O)OC[C@@H](O[C@H]2n2ccc(N)nc2=O)[C@@H](O)[C@H]1O. The number of phosphoric ester groups is 2. The molecule has 0 radical (unpaired) electrons. The Hall–Kier alpha value is -2.92. The van der Waals surface area contributed by atoms with Gasteiger partial charge in [-0.2, -0.15) is 9.29 Å². The Bertz CT molecular complexity index is 1990. The molecular weight excluding hydrogens is 1020 g/mol. The normalized spacial score (nSPS) is 29.9. The number of carbonyl (C=O) groups excluding carboxylic acids is 2. The van der Waals surface area contributed by atoms with Gasteiger partial charge in [0.05, 0.1) is 25.4 Å². The van der Waals surface area contributed by atoms with Gasteiger partial charge < -0.3 is 60.0 Å². The molecule has 0 spiro atoms. The summed E-state index contributed by atoms with van der Waals surface area (Å²) < 4.78 is 64.9. The lowest BCUT2D eigenvalue weighted by Crippen LogP contribution is -2.49. The largest absolute Gasteiger partial charge is 0.481 e. The van der Waals surface area contributed by atoms with Crippen LogP contribution in [-0.4, -0.2) is 126 Å². The van der Waals surface area contributed by atoms with Crippen molar-refractivity contribution in [3.8, 4) is 0 Å². The first-order valence-corrected chi connectivity index (χ1v) is 30.1. The number of nitrogens with zero attached hydrogens (tertiary/aromatic N) is 2. The Morgan fingerprint density at radius 3 is 2.08 bits per heavy atom. The molecule has 2 aliphatic rings. The minimum atomic E-state index is -5.73. The van der Waals surface area contributed by atoms with E-state index in [1.54, 1.807) is 12.2 Å². The number of hydrogen-bond donors (Lipinski definition) is 8. The predicted octanol–water partition coefficient (Wildman–Crippen LogP) is 7.36. The van der Waals surface area contributed by atoms with Crippen LogP contribution in [0.2, 0.25) is 0 Å². The number of nitrogens with two attached hydrogens (primary N) is 1. The number of phosphoric acid groups is 2. The van der Waals surface area contributed by atoms with Gasteiger partial charge in [-0.3, -0.25) is 23.2 Å². The number of unbranched alkanes of at least 4 members (excludes halogenated alkanes) is 14. The smallest absolute Gasteiger partial charge is 0.462 e. The molecule has 9 N–H and O–H groups in total. The highest BCUT2D eigenvalue weighted by molar-refractivity contribution is 7.61. The molecule has 0 saturated carbocycles. The number of aromatic nitrogens is 2. The predicted molar refractivity (Wildman–Crippen MR) is 278 cm³/mol. The van der Waals surface area contributed by atoms with E-state index in [4.69, 9.17) is 33.7 Å². The molecule has 3 unspecified atom stereocenters. The Kier molecular flexibility index (Phi) is 32.1. The van der Waals surface area contributed by atoms with Gasteiger partial charge in [0.2, 0.25) is 0 Å². The van der Waals surface area contributed by atoms with Gasteiger partial charge in [-0.25, -0.2) is 13.9 Å². The fourth-order valence-corrected chi connectivity index (χ4v) is 10.8. The maximum atomic E-state index is 13.4. The summed E-state index contributed by atoms with van der Waals surface area (Å²) in [5.74, 6) is -2.08. The Morgan fingerprint density at radius 2 is 1.45 bits per heavy atom. The summed E-state index contributed by atoms with van der Waals surface area (Å²) in [4.78, 5) is 64.4. The highest BCUT2D eigenvalue weighted by Crippen LogP contribution is 2.60. The molecule has 1 aromatic heterocycles. The number of carbonyl (C=O) groups is 2. The third kappa shape index (κ3) is 28.0. The molecule has 22 nitrogen and oxygen atoms in total. The summed E-state index contributed by atoms with van der Waals surface area (Å²) in [6.07, 6.45) is 9.50. The quantitative estimate of drug-likeness (QED) is 0.0217. The molecule has 0 amide bonds. The van der Waals surface area contributed by atoms with Crippen molar-refractivity contribution in [3.05, 3.63) is 47.1 Å². The van der Waals surface area contributed by atoms with Crippen LogP contribution in [0.15, 0.2) is 41.4 Å². The molecule has 1 saturated heterocycles. The maximum Gasteiger partial charge on any atom is 0.481 e. The highest BCUT2D eigenvalue weighted by atomic mass is 31.3. The number of allylic oxidation sites excluding steroid dienone is 2. The minimum Gasteiger partial charge on any atom is -0.462 e. The van der Waals surface area contributed by atoms with E-state index in [9.17, 15) is 58.8 Å². The summed E-state index contributed by atoms with van der Waals surface area (Å²) in [7, 11) is -11.3. The van der Waals surface area contributed by atoms with Crippen LogP contribution in [0.25, 0.3) is 0 Å². The Balaban J connectivity index is 1.79. The summed E-state index contributed by atoms with van der Waals surface area (Å²) in [5, 5.41) is 56.9. The molecule has 24 heteroatoms. The summed E-state index contributed by atoms with van der Waals surface area (Å²) in [6.45, 7) is 3.74. The third-order valence-corrected chi connectivity index (χ3v) is 15.6. The van der Waals surface area contributed by atoms with Crippen molar-refractivity contribution in [1.29, 1.82) is 0 Å². The number of rotatable bonds is 24. The lowest BCUT2D eigenvalue weighted by Gasteiger charge is -2.36. The summed E-state index contributed by atoms with van der Waals surface area (Å²) in [5.41, 5.74) is 4.76. The minimum absolute atomic E-state index is 0.00232. The molecule has 1 aromatic rings. The number of esters is 2. The molecule has 2 aliphatic heterocycles. The van der Waals surface area contributed by atoms with Gasteiger partial charge in [0.15, 0.2) is 12.4 Å². The first-order chi connectivity index (χ1) is 35.7. The number of aliphatic hydroxyl groups excluding tert-OH is 5. The van der Waals surface area contributed by atoms with Gasteiger partial charge in [-0.15, -0.1) is 0 Å². The number of ether oxygens (including phenoxy) is 4. The van der Waals surface area contributed by atoms with Crippen LogP contribution in [0.5, 0.6) is 0 Å². The van der Waals surface area contributed by atoms with E-state index in [-0.39, 0.29) is 37.9 Å². The van der Waals surface area contributed by atoms with E-state index in [2.05, 4.69) is 23.1 Å². The molecular formula is C51H89N3O19P2. The average molecular weight is 1110 g/mol. The lowest BCUT2D eigenvalue weighted by atomic mass is 9.92. The van der Waals surface area contributed by atoms with Gasteiger partial charge in [0, 0.05) is 31.4 Å². The highest BCUT2D eigenvalue weighted by Gasteiger charge is 2.44. The van der Waals surface area contributed by atoms with Crippen molar-refractivity contribution >= 4 is 33.4 Å². The van der Waals surface area contributed by atoms with Crippen molar-refractivity contribution in [3.63, 3.8) is 0 Å². The fourth-order valence-electron chi connectivity index (χ4n) is 8.71. The standard InChI is InChI=1S/C51H89N3O19P2/c1-4-5-19-25-38(55)29-30-42-48(60)49(61)43-36-69-75(65,66)73-74(63,64)68-35-39(70-46(58)28-23-16-14-12-10-8-6-7-9-11-13-15-20-24-37(2)3)34-67-45(57)27-22-18-17-21-26-40(41(56)33-47(59)71-42)50(72-43)54-32-31-44(52)53-51(54)62/h17,21,29-32,37-43,47-50,55-56,59-61H,4-16,18-20,22-28,33-36H2,1-3H3,(H,63,64)(H,65,66)(H2,52,53,62)/b21-17?,30-29+/t38-,39+,40-,41-,42+,43+,47?,48-,49+,50+/m0/s1. The van der Waals surface area contributed by atoms with Crippen LogP contribution in [0.4, 0.5) is 5.82 Å². The lowest BCUT2D eigenvalue weighted by molar-refractivity contribution is -0.192. The van der Waals surface area contributed by atoms with Crippen molar-refractivity contribution in [2.75, 3.05) is 25.6 Å². The van der Waals surface area contributed by atoms with Crippen molar-refractivity contribution in [2.24, 2.45) is 11.8 Å². The van der Waals surface area contributed by atoms with Gasteiger partial charge in [-0.1, -0.05) is 148 Å². The molecule has 1 fully saturated rings. The first kappa shape index (κ1) is 66.4. The second kappa shape index (κ2) is 36.3. The number of fused-ring (bicyclic) bond motifs is 3. The molecule has 2 bridgehead atoms. The molecule has 3 rings (SSSR count). The van der Waals surface area contributed by atoms with Crippen molar-refractivity contribution in [1.82, 2.24) is 9.55 Å². The van der Waals surface area contributed by atoms with Crippen molar-refractivity contribution < 1.29 is 86.3 Å². The topological polar surface area (TPSA) is 335 Å². The van der Waals surface area contributed by atoms with Crippen LogP contribution in [0.1, 0.15) is 181 Å². The molecule has 432 valence electrons. The van der Waals surface area contributed by atoms with E-state index < -0.39 is 121 Å². The zero-order chi connectivity index (χ0) is 55.2. The van der Waals surface area contributed by atoms with E-state index in [1.165, 1.54) is 69.6 Å². The first-order valence-electron chi connectivity index (χ1n) is 27.1. The van der Waals surface area contributed by atoms with E-state index >= 15 is 0 Å². The number of hydrogen-bond acceptors (Lipinski definition) is 19. The van der Waals surface area contributed by atoms with Gasteiger partial charge in [0.25, 0.3) is 0 Å². The monoisotopic (exact) mass is 1110 g/mol. The second-order valence-corrected chi connectivity index (χ2v) is 23.1. The Morgan fingerprint density at radius 1 is 0.840 bits per heavy atom. The molecule has 12 atom stereocenters. The summed E-state index contributed by atoms with van der Waals surface area (Å²) >= 11 is 0. The van der Waals surface area contributed by atoms with Gasteiger partial charge >= 0.3 is 33.3 Å². The molecule has 0 aromatic carbocycles. The van der Waals surface area contributed by atoms with Crippen LogP contribution in [0, 0.1) is 11.8 Å². The van der Waals surface area contributed by atoms with Gasteiger partial charge in [0.1, 0.15) is 43.1 Å².